The topological polar surface area (TPSA) is 96.4 Å². The fourth-order valence-electron chi connectivity index (χ4n) is 5.01. The van der Waals surface area contributed by atoms with Crippen LogP contribution < -0.4 is 10.5 Å². The molecule has 5 heterocycles. The lowest BCUT2D eigenvalue weighted by molar-refractivity contribution is -0.451. The highest BCUT2D eigenvalue weighted by Crippen LogP contribution is 2.36. The van der Waals surface area contributed by atoms with Crippen LogP contribution in [-0.2, 0) is 4.89 Å². The maximum Gasteiger partial charge on any atom is 0.378 e. The highest BCUT2D eigenvalue weighted by molar-refractivity contribution is 6.32. The largest absolute Gasteiger partial charge is 0.378 e. The number of nitrogens with zero attached hydrogens (tertiary/aromatic N) is 6. The number of hydrogen-bond donors (Lipinski definition) is 1. The Kier molecular flexibility index (Phi) is 6.73. The first kappa shape index (κ1) is 23.7. The van der Waals surface area contributed by atoms with E-state index in [2.05, 4.69) is 19.9 Å². The molecule has 3 aromatic rings. The molecule has 11 heteroatoms. The van der Waals surface area contributed by atoms with Crippen LogP contribution in [0.3, 0.4) is 0 Å². The number of aromatic nitrogens is 4. The molecular formula is C24H25Cl2N6O3+. The standard InChI is InChI=1S/C24H24Cl2N6O3/c1-15-3-2-4-21(29-15)32-14-19(26)20(11-22(32)33)31-10-7-18(23(31)35-34)16-5-8-30(9-6-16)24-27-12-17(25)13-28-24/h2-4,11-14,16,18H,5-10H2,1H3/p+1/t18-/m1/s1. The zero-order valence-electron chi connectivity index (χ0n) is 19.1. The van der Waals surface area contributed by atoms with Crippen LogP contribution in [0.4, 0.5) is 11.6 Å². The van der Waals surface area contributed by atoms with E-state index in [1.54, 1.807) is 29.2 Å². The van der Waals surface area contributed by atoms with Gasteiger partial charge in [0.1, 0.15) is 10.8 Å². The summed E-state index contributed by atoms with van der Waals surface area (Å²) in [6, 6.07) is 6.93. The Labute approximate surface area is 212 Å². The highest BCUT2D eigenvalue weighted by Gasteiger charge is 2.43. The molecule has 2 aliphatic heterocycles. The van der Waals surface area contributed by atoms with Crippen LogP contribution in [0.2, 0.25) is 10.0 Å². The second-order valence-corrected chi connectivity index (χ2v) is 9.70. The first-order valence-electron chi connectivity index (χ1n) is 11.5. The van der Waals surface area contributed by atoms with E-state index in [0.29, 0.717) is 45.9 Å². The van der Waals surface area contributed by atoms with Crippen LogP contribution in [0, 0.1) is 18.8 Å². The number of anilines is 1. The smallest absolute Gasteiger partial charge is 0.341 e. The lowest BCUT2D eigenvalue weighted by Gasteiger charge is -2.33. The van der Waals surface area contributed by atoms with Crippen LogP contribution in [0.1, 0.15) is 25.0 Å². The van der Waals surface area contributed by atoms with E-state index < -0.39 is 0 Å². The maximum atomic E-state index is 12.9. The molecule has 1 atom stereocenters. The third-order valence-electron chi connectivity index (χ3n) is 6.73. The average Bonchev–Trinajstić information content (AvgIpc) is 3.29. The molecule has 1 fully saturated rings. The van der Waals surface area contributed by atoms with Crippen molar-refractivity contribution in [3.8, 4) is 5.82 Å². The van der Waals surface area contributed by atoms with Crippen molar-refractivity contribution in [3.05, 3.63) is 68.9 Å². The second-order valence-electron chi connectivity index (χ2n) is 8.85. The Balaban J connectivity index is 1.37. The third-order valence-corrected chi connectivity index (χ3v) is 7.22. The molecular weight excluding hydrogens is 491 g/mol. The highest BCUT2D eigenvalue weighted by atomic mass is 35.5. The Bertz CT molecular complexity index is 1320. The third kappa shape index (κ3) is 4.76. The Morgan fingerprint density at radius 1 is 1.14 bits per heavy atom. The predicted molar refractivity (Wildman–Crippen MR) is 133 cm³/mol. The summed E-state index contributed by atoms with van der Waals surface area (Å²) in [6.07, 6.45) is 7.34. The lowest BCUT2D eigenvalue weighted by atomic mass is 9.83. The summed E-state index contributed by atoms with van der Waals surface area (Å²) in [7, 11) is 0. The second kappa shape index (κ2) is 9.93. The molecule has 35 heavy (non-hydrogen) atoms. The average molecular weight is 516 g/mol. The summed E-state index contributed by atoms with van der Waals surface area (Å²) in [4.78, 5) is 33.0. The molecule has 1 saturated heterocycles. The van der Waals surface area contributed by atoms with Crippen molar-refractivity contribution in [2.24, 2.45) is 11.8 Å². The van der Waals surface area contributed by atoms with E-state index in [-0.39, 0.29) is 11.5 Å². The summed E-state index contributed by atoms with van der Waals surface area (Å²) < 4.78 is 3.22. The summed E-state index contributed by atoms with van der Waals surface area (Å²) in [5, 5.41) is 10.7. The first-order valence-corrected chi connectivity index (χ1v) is 12.2. The molecule has 5 rings (SSSR count). The van der Waals surface area contributed by atoms with Crippen molar-refractivity contribution < 1.29 is 14.7 Å². The Morgan fingerprint density at radius 3 is 2.57 bits per heavy atom. The molecule has 0 amide bonds. The monoisotopic (exact) mass is 515 g/mol. The number of hydrogen-bond acceptors (Lipinski definition) is 7. The minimum atomic E-state index is -0.264. The molecule has 0 radical (unpaired) electrons. The quantitative estimate of drug-likeness (QED) is 0.317. The number of piperidine rings is 1. The molecule has 2 aliphatic rings. The van der Waals surface area contributed by atoms with E-state index in [1.807, 2.05) is 19.1 Å². The van der Waals surface area contributed by atoms with Crippen LogP contribution in [0.25, 0.3) is 5.82 Å². The number of halogens is 2. The number of aryl methyl sites for hydroxylation is 1. The van der Waals surface area contributed by atoms with E-state index in [1.165, 1.54) is 10.6 Å². The SMILES string of the molecule is Cc1cccc(-n2cc(Cl)c([N+]3=C(OO)[C@@H](C4CCN(c5ncc(Cl)cn5)CC4)CC3)cc2=O)n1. The van der Waals surface area contributed by atoms with Crippen LogP contribution >= 0.6 is 23.2 Å². The van der Waals surface area contributed by atoms with Gasteiger partial charge in [-0.15, -0.1) is 0 Å². The van der Waals surface area contributed by atoms with Gasteiger partial charge in [0.25, 0.3) is 5.56 Å². The summed E-state index contributed by atoms with van der Waals surface area (Å²) in [5.74, 6) is 1.92. The molecule has 0 spiro atoms. The molecule has 0 aromatic carbocycles. The Hall–Kier alpha value is -3.01. The molecule has 182 valence electrons. The van der Waals surface area contributed by atoms with Gasteiger partial charge in [-0.3, -0.25) is 14.2 Å². The van der Waals surface area contributed by atoms with Gasteiger partial charge in [0.15, 0.2) is 6.54 Å². The molecule has 0 saturated carbocycles. The van der Waals surface area contributed by atoms with Gasteiger partial charge in [-0.2, -0.15) is 9.83 Å². The van der Waals surface area contributed by atoms with Crippen molar-refractivity contribution in [3.63, 3.8) is 0 Å². The van der Waals surface area contributed by atoms with Crippen molar-refractivity contribution in [1.82, 2.24) is 19.5 Å². The minimum Gasteiger partial charge on any atom is -0.341 e. The van der Waals surface area contributed by atoms with Crippen LogP contribution in [0.15, 0.2) is 47.7 Å². The zero-order chi connectivity index (χ0) is 24.5. The molecule has 0 bridgehead atoms. The lowest BCUT2D eigenvalue weighted by Crippen LogP contribution is -2.38. The normalized spacial score (nSPS) is 18.9. The van der Waals surface area contributed by atoms with Gasteiger partial charge >= 0.3 is 5.90 Å². The molecule has 0 aliphatic carbocycles. The predicted octanol–water partition coefficient (Wildman–Crippen LogP) is 4.11. The number of pyridine rings is 2. The van der Waals surface area contributed by atoms with Crippen LogP contribution in [0.5, 0.6) is 0 Å². The van der Waals surface area contributed by atoms with Crippen molar-refractivity contribution in [1.29, 1.82) is 0 Å². The molecule has 1 N–H and O–H groups in total. The summed E-state index contributed by atoms with van der Waals surface area (Å²) in [6.45, 7) is 4.04. The molecule has 9 nitrogen and oxygen atoms in total. The van der Waals surface area contributed by atoms with E-state index >= 15 is 0 Å². The van der Waals surface area contributed by atoms with Gasteiger partial charge in [-0.1, -0.05) is 29.3 Å². The number of rotatable bonds is 4. The molecule has 3 aromatic heterocycles. The van der Waals surface area contributed by atoms with Gasteiger partial charge < -0.3 is 4.90 Å². The van der Waals surface area contributed by atoms with Crippen molar-refractivity contribution >= 4 is 40.7 Å². The van der Waals surface area contributed by atoms with E-state index in [4.69, 9.17) is 28.1 Å². The minimum absolute atomic E-state index is 0.0187. The van der Waals surface area contributed by atoms with Crippen molar-refractivity contribution in [2.45, 2.75) is 26.2 Å². The molecule has 0 unspecified atom stereocenters. The first-order chi connectivity index (χ1) is 16.9. The fourth-order valence-corrected chi connectivity index (χ4v) is 5.37. The fraction of sp³-hybridized carbons (Fsp3) is 0.375. The van der Waals surface area contributed by atoms with Gasteiger partial charge in [0.2, 0.25) is 11.6 Å². The van der Waals surface area contributed by atoms with Gasteiger partial charge in [0, 0.05) is 31.4 Å². The van der Waals surface area contributed by atoms with Gasteiger partial charge in [-0.05, 0) is 37.8 Å². The van der Waals surface area contributed by atoms with Gasteiger partial charge in [-0.25, -0.2) is 15.0 Å². The summed E-state index contributed by atoms with van der Waals surface area (Å²) >= 11 is 12.5. The Morgan fingerprint density at radius 2 is 1.89 bits per heavy atom. The zero-order valence-corrected chi connectivity index (χ0v) is 20.7. The van der Waals surface area contributed by atoms with E-state index in [0.717, 1.165) is 38.0 Å². The van der Waals surface area contributed by atoms with Crippen LogP contribution in [-0.4, -0.2) is 54.9 Å². The van der Waals surface area contributed by atoms with E-state index in [9.17, 15) is 10.1 Å². The van der Waals surface area contributed by atoms with Crippen molar-refractivity contribution in [2.75, 3.05) is 24.5 Å². The maximum absolute atomic E-state index is 12.9. The summed E-state index contributed by atoms with van der Waals surface area (Å²) in [5.41, 5.74) is 1.05. The van der Waals surface area contributed by atoms with Gasteiger partial charge in [0.05, 0.1) is 29.4 Å².